The summed E-state index contributed by atoms with van der Waals surface area (Å²) in [5.74, 6) is 0.504. The molecule has 1 aromatic carbocycles. The topological polar surface area (TPSA) is 112 Å². The number of hydrogen-bond acceptors (Lipinski definition) is 4. The van der Waals surface area contributed by atoms with Crippen LogP contribution in [-0.2, 0) is 10.0 Å². The third-order valence-electron chi connectivity index (χ3n) is 3.54. The van der Waals surface area contributed by atoms with Crippen molar-refractivity contribution < 1.29 is 8.42 Å². The first kappa shape index (κ1) is 17.4. The normalized spacial score (nSPS) is 13.6. The van der Waals surface area contributed by atoms with E-state index in [0.717, 1.165) is 12.8 Å². The summed E-state index contributed by atoms with van der Waals surface area (Å²) in [5.41, 5.74) is -0.937. The van der Waals surface area contributed by atoms with E-state index < -0.39 is 21.1 Å². The van der Waals surface area contributed by atoms with Crippen LogP contribution >= 0.6 is 0 Å². The molecule has 7 nitrogen and oxygen atoms in total. The van der Waals surface area contributed by atoms with Crippen LogP contribution in [0.25, 0.3) is 11.0 Å². The van der Waals surface area contributed by atoms with E-state index in [1.165, 1.54) is 18.2 Å². The second kappa shape index (κ2) is 6.67. The van der Waals surface area contributed by atoms with Crippen molar-refractivity contribution in [1.29, 1.82) is 0 Å². The van der Waals surface area contributed by atoms with Crippen LogP contribution in [0.1, 0.15) is 33.6 Å². The largest absolute Gasteiger partial charge is 0.316 e. The first-order valence-corrected chi connectivity index (χ1v) is 8.96. The number of hydrogen-bond donors (Lipinski definition) is 3. The molecule has 1 aromatic heterocycles. The van der Waals surface area contributed by atoms with E-state index in [1.807, 2.05) is 6.92 Å². The van der Waals surface area contributed by atoms with Crippen molar-refractivity contribution >= 4 is 21.1 Å². The summed E-state index contributed by atoms with van der Waals surface area (Å²) >= 11 is 0. The number of benzene rings is 1. The molecule has 3 N–H and O–H groups in total. The van der Waals surface area contributed by atoms with Crippen molar-refractivity contribution in [1.82, 2.24) is 14.7 Å². The molecule has 2 aromatic rings. The molecule has 0 spiro atoms. The minimum atomic E-state index is -3.69. The molecular formula is C15H21N3O4S. The Labute approximate surface area is 134 Å². The molecule has 1 heterocycles. The molecule has 0 bridgehead atoms. The summed E-state index contributed by atoms with van der Waals surface area (Å²) in [7, 11) is -3.69. The molecule has 0 amide bonds. The summed E-state index contributed by atoms with van der Waals surface area (Å²) in [6.45, 7) is 5.99. The van der Waals surface area contributed by atoms with Gasteiger partial charge >= 0.3 is 11.1 Å². The van der Waals surface area contributed by atoms with Crippen LogP contribution in [0.5, 0.6) is 0 Å². The van der Waals surface area contributed by atoms with Crippen LogP contribution < -0.4 is 15.8 Å². The third kappa shape index (κ3) is 4.29. The van der Waals surface area contributed by atoms with Crippen molar-refractivity contribution in [3.05, 3.63) is 38.9 Å². The Morgan fingerprint density at radius 1 is 1.00 bits per heavy atom. The predicted molar refractivity (Wildman–Crippen MR) is 89.0 cm³/mol. The van der Waals surface area contributed by atoms with Gasteiger partial charge in [0.15, 0.2) is 0 Å². The summed E-state index contributed by atoms with van der Waals surface area (Å²) in [6.07, 6.45) is 1.67. The number of fused-ring (bicyclic) bond motifs is 1. The van der Waals surface area contributed by atoms with Gasteiger partial charge in [0.25, 0.3) is 0 Å². The molecule has 1 unspecified atom stereocenters. The average Bonchev–Trinajstić information content (AvgIpc) is 2.45. The van der Waals surface area contributed by atoms with Crippen LogP contribution in [-0.4, -0.2) is 24.4 Å². The van der Waals surface area contributed by atoms with E-state index in [-0.39, 0.29) is 16.5 Å². The lowest BCUT2D eigenvalue weighted by Crippen LogP contribution is -2.33. The van der Waals surface area contributed by atoms with E-state index in [4.69, 9.17) is 0 Å². The van der Waals surface area contributed by atoms with Gasteiger partial charge in [-0.15, -0.1) is 0 Å². The molecule has 0 fully saturated rings. The minimum Gasteiger partial charge on any atom is -0.316 e. The van der Waals surface area contributed by atoms with Crippen LogP contribution in [0.15, 0.2) is 32.7 Å². The molecule has 8 heteroatoms. The van der Waals surface area contributed by atoms with Crippen LogP contribution in [0.4, 0.5) is 0 Å². The molecule has 0 aliphatic rings. The molecule has 0 saturated heterocycles. The van der Waals surface area contributed by atoms with Gasteiger partial charge in [-0.1, -0.05) is 13.8 Å². The Balaban J connectivity index is 2.29. The fraction of sp³-hybridized carbons (Fsp3) is 0.467. The number of aromatic nitrogens is 2. The van der Waals surface area contributed by atoms with Crippen molar-refractivity contribution in [2.75, 3.05) is 0 Å². The molecule has 1 atom stereocenters. The first-order chi connectivity index (χ1) is 10.7. The monoisotopic (exact) mass is 339 g/mol. The van der Waals surface area contributed by atoms with E-state index in [9.17, 15) is 18.0 Å². The zero-order chi connectivity index (χ0) is 17.2. The Bertz CT molecular complexity index is 912. The Hall–Kier alpha value is -1.93. The highest BCUT2D eigenvalue weighted by Gasteiger charge is 2.18. The summed E-state index contributed by atoms with van der Waals surface area (Å²) in [5, 5.41) is 0. The van der Waals surface area contributed by atoms with Gasteiger partial charge in [0.05, 0.1) is 15.9 Å². The average molecular weight is 339 g/mol. The SMILES string of the molecule is CC(C)CCC(C)NS(=O)(=O)c1ccc2[nH]c(=O)c(=O)[nH]c2c1. The maximum absolute atomic E-state index is 12.4. The summed E-state index contributed by atoms with van der Waals surface area (Å²) in [6, 6.07) is 4.01. The highest BCUT2D eigenvalue weighted by Crippen LogP contribution is 2.16. The minimum absolute atomic E-state index is 0.0455. The molecule has 2 rings (SSSR count). The van der Waals surface area contributed by atoms with Gasteiger partial charge in [0.1, 0.15) is 0 Å². The van der Waals surface area contributed by atoms with Crippen molar-refractivity contribution in [3.63, 3.8) is 0 Å². The molecule has 0 aliphatic heterocycles. The Morgan fingerprint density at radius 3 is 2.22 bits per heavy atom. The quantitative estimate of drug-likeness (QED) is 0.689. The Kier molecular flexibility index (Phi) is 5.06. The van der Waals surface area contributed by atoms with Crippen molar-refractivity contribution in [2.24, 2.45) is 5.92 Å². The van der Waals surface area contributed by atoms with E-state index in [0.29, 0.717) is 11.4 Å². The van der Waals surface area contributed by atoms with Gasteiger partial charge in [0, 0.05) is 6.04 Å². The van der Waals surface area contributed by atoms with Gasteiger partial charge in [-0.25, -0.2) is 13.1 Å². The lowest BCUT2D eigenvalue weighted by Gasteiger charge is -2.15. The second-order valence-corrected chi connectivity index (χ2v) is 7.82. The summed E-state index contributed by atoms with van der Waals surface area (Å²) in [4.78, 5) is 27.4. The Morgan fingerprint density at radius 2 is 1.61 bits per heavy atom. The molecular weight excluding hydrogens is 318 g/mol. The van der Waals surface area contributed by atoms with Crippen molar-refractivity contribution in [3.8, 4) is 0 Å². The zero-order valence-corrected chi connectivity index (χ0v) is 14.2. The van der Waals surface area contributed by atoms with Gasteiger partial charge in [-0.2, -0.15) is 0 Å². The number of H-pyrrole nitrogens is 2. The smallest absolute Gasteiger partial charge is 0.314 e. The second-order valence-electron chi connectivity index (χ2n) is 6.11. The number of rotatable bonds is 6. The standard InChI is InChI=1S/C15H21N3O4S/c1-9(2)4-5-10(3)18-23(21,22)11-6-7-12-13(8-11)17-15(20)14(19)16-12/h6-10,18H,4-5H2,1-3H3,(H,16,19)(H,17,20). The highest BCUT2D eigenvalue weighted by molar-refractivity contribution is 7.89. The lowest BCUT2D eigenvalue weighted by atomic mass is 10.1. The van der Waals surface area contributed by atoms with E-state index >= 15 is 0 Å². The predicted octanol–water partition coefficient (Wildman–Crippen LogP) is 1.32. The molecule has 126 valence electrons. The van der Waals surface area contributed by atoms with E-state index in [1.54, 1.807) is 0 Å². The van der Waals surface area contributed by atoms with Gasteiger partial charge < -0.3 is 9.97 Å². The third-order valence-corrected chi connectivity index (χ3v) is 5.12. The van der Waals surface area contributed by atoms with Gasteiger partial charge in [0.2, 0.25) is 10.0 Å². The molecule has 23 heavy (non-hydrogen) atoms. The fourth-order valence-electron chi connectivity index (χ4n) is 2.24. The van der Waals surface area contributed by atoms with Gasteiger partial charge in [-0.05, 0) is 43.9 Å². The zero-order valence-electron chi connectivity index (χ0n) is 13.3. The van der Waals surface area contributed by atoms with Crippen LogP contribution in [0.2, 0.25) is 0 Å². The molecule has 0 radical (unpaired) electrons. The lowest BCUT2D eigenvalue weighted by molar-refractivity contribution is 0.485. The summed E-state index contributed by atoms with van der Waals surface area (Å²) < 4.78 is 27.4. The van der Waals surface area contributed by atoms with E-state index in [2.05, 4.69) is 28.5 Å². The van der Waals surface area contributed by atoms with Crippen LogP contribution in [0.3, 0.4) is 0 Å². The van der Waals surface area contributed by atoms with Crippen molar-refractivity contribution in [2.45, 2.75) is 44.6 Å². The number of sulfonamides is 1. The number of aromatic amines is 2. The highest BCUT2D eigenvalue weighted by atomic mass is 32.2. The maximum atomic E-state index is 12.4. The van der Waals surface area contributed by atoms with Crippen LogP contribution in [0, 0.1) is 5.92 Å². The van der Waals surface area contributed by atoms with Gasteiger partial charge in [-0.3, -0.25) is 9.59 Å². The molecule has 0 aliphatic carbocycles. The maximum Gasteiger partial charge on any atom is 0.314 e. The number of nitrogens with one attached hydrogen (secondary N) is 3. The first-order valence-electron chi connectivity index (χ1n) is 7.48. The fourth-order valence-corrected chi connectivity index (χ4v) is 3.54. The molecule has 0 saturated carbocycles.